The molecule has 9 N–H and O–H groups in total. The molecular weight excluding hydrogens is 1180 g/mol. The second-order valence-electron chi connectivity index (χ2n) is 27.1. The molecule has 0 aliphatic carbocycles. The van der Waals surface area contributed by atoms with E-state index in [0.29, 0.717) is 12.8 Å². The summed E-state index contributed by atoms with van der Waals surface area (Å²) in [6, 6.07) is -0.939. The molecule has 0 aromatic carbocycles. The van der Waals surface area contributed by atoms with Gasteiger partial charge in [0, 0.05) is 6.42 Å². The zero-order valence-electron chi connectivity index (χ0n) is 59.7. The molecule has 94 heavy (non-hydrogen) atoms. The first kappa shape index (κ1) is 87.3. The van der Waals surface area contributed by atoms with Crippen molar-refractivity contribution in [2.24, 2.45) is 0 Å². The van der Waals surface area contributed by atoms with E-state index in [0.717, 1.165) is 70.6 Å². The van der Waals surface area contributed by atoms with Gasteiger partial charge in [-0.2, -0.15) is 0 Å². The van der Waals surface area contributed by atoms with Gasteiger partial charge in [0.25, 0.3) is 0 Å². The molecule has 12 atom stereocenters. The van der Waals surface area contributed by atoms with E-state index in [9.17, 15) is 45.6 Å². The molecule has 2 saturated heterocycles. The van der Waals surface area contributed by atoms with Crippen molar-refractivity contribution in [3.63, 3.8) is 0 Å². The normalized spacial score (nSPS) is 22.9. The van der Waals surface area contributed by atoms with Crippen molar-refractivity contribution < 1.29 is 64.6 Å². The average Bonchev–Trinajstić information content (AvgIpc) is 0.794. The third kappa shape index (κ3) is 46.4. The standard InChI is InChI=1S/C80H143NO13/c1-3-5-7-9-11-13-15-17-19-21-23-25-27-29-31-33-34-36-37-39-41-43-45-47-49-51-53-55-57-59-61-63-69(84)68(67-91-79-77(90)75(88)78(71(66-83)93-79)94-80-76(89)74(87)73(86)70(65-82)92-80)81-72(85)64-62-60-58-56-54-52-50-48-46-44-42-40-38-35-32-30-28-26-24-22-20-18-16-14-12-10-8-6-4-2/h6,8,12,14,18,20,24,26,30,32,53,55,61,63,68-71,73-80,82-84,86-90H,3-5,7,9-11,13,15-17,19,21-23,25,27-29,31,33-52,54,56-60,62,64-67H2,1-2H3,(H,81,85)/b8-6-,14-12-,20-18-,26-24-,32-30-,55-53+,63-61+. The fourth-order valence-corrected chi connectivity index (χ4v) is 12.5. The van der Waals surface area contributed by atoms with Crippen molar-refractivity contribution in [1.82, 2.24) is 5.32 Å². The van der Waals surface area contributed by atoms with Crippen LogP contribution in [0.2, 0.25) is 0 Å². The minimum atomic E-state index is -1.80. The molecule has 14 nitrogen and oxygen atoms in total. The number of carbonyl (C=O) groups is 1. The molecule has 2 rings (SSSR count). The van der Waals surface area contributed by atoms with Crippen LogP contribution in [0.4, 0.5) is 0 Å². The second kappa shape index (κ2) is 63.6. The summed E-state index contributed by atoms with van der Waals surface area (Å²) in [6.45, 7) is 2.71. The van der Waals surface area contributed by atoms with E-state index in [-0.39, 0.29) is 18.9 Å². The number of nitrogens with one attached hydrogen (secondary N) is 1. The van der Waals surface area contributed by atoms with E-state index >= 15 is 0 Å². The molecule has 0 aromatic heterocycles. The molecule has 14 heteroatoms. The fourth-order valence-electron chi connectivity index (χ4n) is 12.5. The van der Waals surface area contributed by atoms with E-state index in [1.807, 2.05) is 6.08 Å². The summed E-state index contributed by atoms with van der Waals surface area (Å²) in [6.07, 6.45) is 72.3. The predicted octanol–water partition coefficient (Wildman–Crippen LogP) is 17.1. The Morgan fingerprint density at radius 2 is 0.745 bits per heavy atom. The lowest BCUT2D eigenvalue weighted by Gasteiger charge is -2.46. The van der Waals surface area contributed by atoms with Gasteiger partial charge in [0.05, 0.1) is 32.0 Å². The third-order valence-corrected chi connectivity index (χ3v) is 18.6. The zero-order valence-corrected chi connectivity index (χ0v) is 59.7. The summed E-state index contributed by atoms with van der Waals surface area (Å²) in [5.74, 6) is -0.250. The maximum Gasteiger partial charge on any atom is 0.220 e. The Bertz CT molecular complexity index is 1900. The van der Waals surface area contributed by atoms with Crippen molar-refractivity contribution in [2.75, 3.05) is 19.8 Å². The Kier molecular flexibility index (Phi) is 59.0. The van der Waals surface area contributed by atoms with Crippen molar-refractivity contribution in [2.45, 2.75) is 396 Å². The first-order valence-electron chi connectivity index (χ1n) is 38.8. The van der Waals surface area contributed by atoms with Gasteiger partial charge < -0.3 is 65.1 Å². The molecule has 2 heterocycles. The van der Waals surface area contributed by atoms with Crippen LogP contribution in [0.3, 0.4) is 0 Å². The number of hydrogen-bond acceptors (Lipinski definition) is 13. The highest BCUT2D eigenvalue weighted by atomic mass is 16.7. The molecule has 0 spiro atoms. The molecule has 0 aromatic rings. The van der Waals surface area contributed by atoms with E-state index in [2.05, 4.69) is 92.1 Å². The van der Waals surface area contributed by atoms with Crippen LogP contribution < -0.4 is 5.32 Å². The van der Waals surface area contributed by atoms with Gasteiger partial charge in [-0.15, -0.1) is 0 Å². The molecule has 2 aliphatic rings. The van der Waals surface area contributed by atoms with E-state index in [1.54, 1.807) is 6.08 Å². The Morgan fingerprint density at radius 3 is 1.17 bits per heavy atom. The number of aliphatic hydroxyl groups is 8. The molecular formula is C80H143NO13. The van der Waals surface area contributed by atoms with Crippen LogP contribution >= 0.6 is 0 Å². The van der Waals surface area contributed by atoms with E-state index < -0.39 is 86.8 Å². The molecule has 2 aliphatic heterocycles. The highest BCUT2D eigenvalue weighted by molar-refractivity contribution is 5.76. The smallest absolute Gasteiger partial charge is 0.220 e. The van der Waals surface area contributed by atoms with E-state index in [4.69, 9.17) is 18.9 Å². The van der Waals surface area contributed by atoms with Crippen molar-refractivity contribution in [3.05, 3.63) is 85.1 Å². The highest BCUT2D eigenvalue weighted by Gasteiger charge is 2.51. The third-order valence-electron chi connectivity index (χ3n) is 18.6. The molecule has 0 saturated carbocycles. The van der Waals surface area contributed by atoms with Gasteiger partial charge in [-0.1, -0.05) is 324 Å². The number of carbonyl (C=O) groups excluding carboxylic acids is 1. The van der Waals surface area contributed by atoms with Crippen molar-refractivity contribution in [1.29, 1.82) is 0 Å². The molecule has 12 unspecified atom stereocenters. The number of ether oxygens (including phenoxy) is 4. The zero-order chi connectivity index (χ0) is 68.0. The van der Waals surface area contributed by atoms with Gasteiger partial charge >= 0.3 is 0 Å². The van der Waals surface area contributed by atoms with Crippen LogP contribution in [0.25, 0.3) is 0 Å². The Hall–Kier alpha value is -2.83. The van der Waals surface area contributed by atoms with Crippen LogP contribution in [-0.2, 0) is 23.7 Å². The second-order valence-corrected chi connectivity index (χ2v) is 27.1. The lowest BCUT2D eigenvalue weighted by Crippen LogP contribution is -2.65. The van der Waals surface area contributed by atoms with Crippen LogP contribution in [0, 0.1) is 0 Å². The molecule has 1 amide bonds. The van der Waals surface area contributed by atoms with Gasteiger partial charge in [-0.3, -0.25) is 4.79 Å². The quantitative estimate of drug-likeness (QED) is 0.0204. The number of amides is 1. The van der Waals surface area contributed by atoms with Crippen molar-refractivity contribution in [3.8, 4) is 0 Å². The van der Waals surface area contributed by atoms with Crippen LogP contribution in [0.5, 0.6) is 0 Å². The van der Waals surface area contributed by atoms with Gasteiger partial charge in [-0.25, -0.2) is 0 Å². The maximum atomic E-state index is 13.4. The van der Waals surface area contributed by atoms with Crippen LogP contribution in [0.1, 0.15) is 322 Å². The summed E-state index contributed by atoms with van der Waals surface area (Å²) in [5, 5.41) is 87.6. The Balaban J connectivity index is 1.65. The summed E-state index contributed by atoms with van der Waals surface area (Å²) in [4.78, 5) is 13.4. The average molecular weight is 1330 g/mol. The molecule has 0 bridgehead atoms. The Morgan fingerprint density at radius 1 is 0.394 bits per heavy atom. The number of hydrogen-bond donors (Lipinski definition) is 9. The minimum absolute atomic E-state index is 0.250. The molecule has 0 radical (unpaired) electrons. The van der Waals surface area contributed by atoms with Gasteiger partial charge in [0.15, 0.2) is 12.6 Å². The van der Waals surface area contributed by atoms with E-state index in [1.165, 1.54) is 218 Å². The van der Waals surface area contributed by atoms with Crippen LogP contribution in [-0.4, -0.2) is 140 Å². The summed E-state index contributed by atoms with van der Waals surface area (Å²) >= 11 is 0. The number of unbranched alkanes of at least 4 members (excludes halogenated alkanes) is 39. The number of allylic oxidation sites excluding steroid dienone is 13. The lowest BCUT2D eigenvalue weighted by atomic mass is 9.97. The fraction of sp³-hybridized carbons (Fsp3) is 0.812. The topological polar surface area (TPSA) is 228 Å². The van der Waals surface area contributed by atoms with Gasteiger partial charge in [0.1, 0.15) is 48.8 Å². The van der Waals surface area contributed by atoms with Crippen LogP contribution in [0.15, 0.2) is 85.1 Å². The largest absolute Gasteiger partial charge is 0.394 e. The first-order chi connectivity index (χ1) is 46.1. The predicted molar refractivity (Wildman–Crippen MR) is 387 cm³/mol. The monoisotopic (exact) mass is 1330 g/mol. The molecule has 546 valence electrons. The number of aliphatic hydroxyl groups excluding tert-OH is 8. The minimum Gasteiger partial charge on any atom is -0.394 e. The lowest BCUT2D eigenvalue weighted by molar-refractivity contribution is -0.359. The molecule has 2 fully saturated rings. The summed E-state index contributed by atoms with van der Waals surface area (Å²) in [7, 11) is 0. The number of rotatable bonds is 64. The van der Waals surface area contributed by atoms with Crippen molar-refractivity contribution >= 4 is 5.91 Å². The Labute approximate surface area is 573 Å². The first-order valence-corrected chi connectivity index (χ1v) is 38.8. The van der Waals surface area contributed by atoms with Gasteiger partial charge in [0.2, 0.25) is 5.91 Å². The highest BCUT2D eigenvalue weighted by Crippen LogP contribution is 2.30. The van der Waals surface area contributed by atoms with Gasteiger partial charge in [-0.05, 0) is 77.0 Å². The maximum absolute atomic E-state index is 13.4. The summed E-state index contributed by atoms with van der Waals surface area (Å²) in [5.41, 5.74) is 0. The SMILES string of the molecule is CC/C=C\C/C=C\C/C=C\C/C=C\C/C=C\CCCCCCCCCCCCCCCC(=O)NC(COC1OC(CO)C(OC2OC(CO)C(O)C(O)C2O)C(O)C1O)C(O)/C=C/CC/C=C/CCCCCCCCCCCCCCCCCCCCCCCCCCC. The summed E-state index contributed by atoms with van der Waals surface area (Å²) < 4.78 is 22.9.